The van der Waals surface area contributed by atoms with E-state index in [-0.39, 0.29) is 0 Å². The quantitative estimate of drug-likeness (QED) is 0.929. The van der Waals surface area contributed by atoms with Gasteiger partial charge in [0, 0.05) is 5.69 Å². The Morgan fingerprint density at radius 2 is 1.90 bits per heavy atom. The summed E-state index contributed by atoms with van der Waals surface area (Å²) in [6.45, 7) is 1.54. The van der Waals surface area contributed by atoms with Gasteiger partial charge in [0.15, 0.2) is 5.41 Å². The van der Waals surface area contributed by atoms with Crippen LogP contribution in [0.25, 0.3) is 0 Å². The maximum absolute atomic E-state index is 13.1. The fourth-order valence-corrected chi connectivity index (χ4v) is 1.84. The van der Waals surface area contributed by atoms with Crippen LogP contribution in [0.15, 0.2) is 54.6 Å². The first-order chi connectivity index (χ1) is 9.56. The Morgan fingerprint density at radius 1 is 1.20 bits per heavy atom. The van der Waals surface area contributed by atoms with E-state index in [0.717, 1.165) is 0 Å². The van der Waals surface area contributed by atoms with Crippen molar-refractivity contribution in [1.29, 1.82) is 5.26 Å². The van der Waals surface area contributed by atoms with E-state index in [9.17, 15) is 14.4 Å². The number of amides is 1. The highest BCUT2D eigenvalue weighted by Gasteiger charge is 2.35. The number of carbonyl (C=O) groups is 1. The Morgan fingerprint density at radius 3 is 2.50 bits per heavy atom. The van der Waals surface area contributed by atoms with Gasteiger partial charge in [-0.2, -0.15) is 5.26 Å². The van der Waals surface area contributed by atoms with Crippen molar-refractivity contribution in [2.75, 3.05) is 5.32 Å². The van der Waals surface area contributed by atoms with Crippen LogP contribution in [0.3, 0.4) is 0 Å². The Kier molecular flexibility index (Phi) is 3.81. The number of hydrogen-bond acceptors (Lipinski definition) is 2. The lowest BCUT2D eigenvalue weighted by Gasteiger charge is -2.21. The Bertz CT molecular complexity index is 664. The summed E-state index contributed by atoms with van der Waals surface area (Å²) in [5.74, 6) is -0.932. The molecule has 0 spiro atoms. The van der Waals surface area contributed by atoms with E-state index in [1.165, 1.54) is 25.1 Å². The second-order valence-electron chi connectivity index (χ2n) is 4.57. The lowest BCUT2D eigenvalue weighted by molar-refractivity contribution is -0.119. The normalized spacial score (nSPS) is 13.1. The second-order valence-corrected chi connectivity index (χ2v) is 4.57. The van der Waals surface area contributed by atoms with Gasteiger partial charge in [0.25, 0.3) is 0 Å². The van der Waals surface area contributed by atoms with Crippen LogP contribution in [0.5, 0.6) is 0 Å². The van der Waals surface area contributed by atoms with Gasteiger partial charge in [-0.15, -0.1) is 0 Å². The first-order valence-corrected chi connectivity index (χ1v) is 6.10. The Labute approximate surface area is 116 Å². The molecule has 0 aliphatic carbocycles. The first-order valence-electron chi connectivity index (χ1n) is 6.10. The summed E-state index contributed by atoms with van der Waals surface area (Å²) >= 11 is 0. The van der Waals surface area contributed by atoms with E-state index in [4.69, 9.17) is 0 Å². The number of nitrogens with one attached hydrogen (secondary N) is 1. The van der Waals surface area contributed by atoms with Crippen LogP contribution in [-0.2, 0) is 10.2 Å². The van der Waals surface area contributed by atoms with Crippen LogP contribution < -0.4 is 5.32 Å². The largest absolute Gasteiger partial charge is 0.324 e. The van der Waals surface area contributed by atoms with E-state index >= 15 is 0 Å². The van der Waals surface area contributed by atoms with Gasteiger partial charge in [-0.25, -0.2) is 4.39 Å². The summed E-state index contributed by atoms with van der Waals surface area (Å²) in [4.78, 5) is 12.3. The maximum Gasteiger partial charge on any atom is 0.249 e. The molecule has 2 aromatic carbocycles. The standard InChI is InChI=1S/C16H13FN2O/c1-16(11-18,12-6-3-2-4-7-12)15(20)19-14-9-5-8-13(17)10-14/h2-10H,1H3,(H,19,20). The molecular formula is C16H13FN2O. The van der Waals surface area contributed by atoms with Crippen molar-refractivity contribution in [2.24, 2.45) is 0 Å². The highest BCUT2D eigenvalue weighted by Crippen LogP contribution is 2.25. The highest BCUT2D eigenvalue weighted by molar-refractivity contribution is 6.01. The van der Waals surface area contributed by atoms with Gasteiger partial charge in [-0.05, 0) is 30.7 Å². The Hall–Kier alpha value is -2.67. The smallest absolute Gasteiger partial charge is 0.249 e. The predicted molar refractivity (Wildman–Crippen MR) is 74.4 cm³/mol. The summed E-state index contributed by atoms with van der Waals surface area (Å²) in [5, 5.41) is 11.9. The lowest BCUT2D eigenvalue weighted by atomic mass is 9.83. The monoisotopic (exact) mass is 268 g/mol. The van der Waals surface area contributed by atoms with Crippen molar-refractivity contribution in [2.45, 2.75) is 12.3 Å². The van der Waals surface area contributed by atoms with Crippen molar-refractivity contribution < 1.29 is 9.18 Å². The summed E-state index contributed by atoms with van der Waals surface area (Å²) in [5.41, 5.74) is -0.406. The van der Waals surface area contributed by atoms with Crippen molar-refractivity contribution in [1.82, 2.24) is 0 Å². The molecule has 20 heavy (non-hydrogen) atoms. The van der Waals surface area contributed by atoms with Crippen LogP contribution in [-0.4, -0.2) is 5.91 Å². The minimum atomic E-state index is -1.33. The van der Waals surface area contributed by atoms with Gasteiger partial charge in [0.2, 0.25) is 5.91 Å². The fraction of sp³-hybridized carbons (Fsp3) is 0.125. The van der Waals surface area contributed by atoms with Gasteiger partial charge in [0.1, 0.15) is 5.82 Å². The third-order valence-corrected chi connectivity index (χ3v) is 3.11. The molecule has 0 radical (unpaired) electrons. The number of carbonyl (C=O) groups excluding carboxylic acids is 1. The average Bonchev–Trinajstić information content (AvgIpc) is 2.47. The number of nitrogens with zero attached hydrogens (tertiary/aromatic N) is 1. The topological polar surface area (TPSA) is 52.9 Å². The summed E-state index contributed by atoms with van der Waals surface area (Å²) < 4.78 is 13.1. The van der Waals surface area contributed by atoms with Crippen LogP contribution in [0.1, 0.15) is 12.5 Å². The molecule has 0 saturated carbocycles. The van der Waals surface area contributed by atoms with Crippen molar-refractivity contribution in [3.05, 3.63) is 66.0 Å². The molecule has 1 unspecified atom stereocenters. The molecule has 1 amide bonds. The van der Waals surface area contributed by atoms with Crippen molar-refractivity contribution >= 4 is 11.6 Å². The number of halogens is 1. The highest BCUT2D eigenvalue weighted by atomic mass is 19.1. The average molecular weight is 268 g/mol. The van der Waals surface area contributed by atoms with E-state index in [1.54, 1.807) is 30.3 Å². The number of anilines is 1. The molecule has 0 fully saturated rings. The molecule has 0 bridgehead atoms. The van der Waals surface area contributed by atoms with Crippen molar-refractivity contribution in [3.8, 4) is 6.07 Å². The molecule has 0 aromatic heterocycles. The van der Waals surface area contributed by atoms with Gasteiger partial charge < -0.3 is 5.32 Å². The zero-order valence-electron chi connectivity index (χ0n) is 10.9. The first kappa shape index (κ1) is 13.8. The minimum absolute atomic E-state index is 0.326. The molecule has 1 atom stereocenters. The molecule has 3 nitrogen and oxygen atoms in total. The predicted octanol–water partition coefficient (Wildman–Crippen LogP) is 3.25. The molecule has 0 aliphatic rings. The van der Waals surface area contributed by atoms with Gasteiger partial charge in [-0.1, -0.05) is 36.4 Å². The second kappa shape index (κ2) is 5.54. The summed E-state index contributed by atoms with van der Waals surface area (Å²) in [6, 6.07) is 16.4. The number of benzene rings is 2. The SMILES string of the molecule is CC(C#N)(C(=O)Nc1cccc(F)c1)c1ccccc1. The minimum Gasteiger partial charge on any atom is -0.324 e. The van der Waals surface area contributed by atoms with Gasteiger partial charge in [-0.3, -0.25) is 4.79 Å². The molecule has 0 saturated heterocycles. The van der Waals surface area contributed by atoms with E-state index < -0.39 is 17.1 Å². The molecule has 4 heteroatoms. The van der Waals surface area contributed by atoms with E-state index in [0.29, 0.717) is 11.3 Å². The molecular weight excluding hydrogens is 255 g/mol. The van der Waals surface area contributed by atoms with Crippen LogP contribution in [0.4, 0.5) is 10.1 Å². The summed E-state index contributed by atoms with van der Waals surface area (Å²) in [6.07, 6.45) is 0. The molecule has 2 rings (SSSR count). The number of nitriles is 1. The van der Waals surface area contributed by atoms with Gasteiger partial charge >= 0.3 is 0 Å². The maximum atomic E-state index is 13.1. The zero-order chi connectivity index (χ0) is 14.6. The molecule has 100 valence electrons. The third kappa shape index (κ3) is 2.67. The Balaban J connectivity index is 2.29. The number of rotatable bonds is 3. The van der Waals surface area contributed by atoms with Crippen LogP contribution in [0.2, 0.25) is 0 Å². The zero-order valence-corrected chi connectivity index (χ0v) is 10.9. The van der Waals surface area contributed by atoms with E-state index in [2.05, 4.69) is 5.32 Å². The van der Waals surface area contributed by atoms with Crippen molar-refractivity contribution in [3.63, 3.8) is 0 Å². The van der Waals surface area contributed by atoms with Gasteiger partial charge in [0.05, 0.1) is 6.07 Å². The molecule has 2 aromatic rings. The molecule has 1 N–H and O–H groups in total. The fourth-order valence-electron chi connectivity index (χ4n) is 1.84. The molecule has 0 aliphatic heterocycles. The molecule has 0 heterocycles. The van der Waals surface area contributed by atoms with Crippen LogP contribution >= 0.6 is 0 Å². The third-order valence-electron chi connectivity index (χ3n) is 3.11. The van der Waals surface area contributed by atoms with E-state index in [1.807, 2.05) is 12.1 Å². The van der Waals surface area contributed by atoms with Crippen LogP contribution in [0, 0.1) is 17.1 Å². The number of hydrogen-bond donors (Lipinski definition) is 1. The summed E-state index contributed by atoms with van der Waals surface area (Å²) in [7, 11) is 0. The lowest BCUT2D eigenvalue weighted by Crippen LogP contribution is -2.36.